The Bertz CT molecular complexity index is 555. The van der Waals surface area contributed by atoms with Crippen LogP contribution in [0.15, 0.2) is 23.8 Å². The molecule has 0 fully saturated rings. The Kier molecular flexibility index (Phi) is 3.71. The summed E-state index contributed by atoms with van der Waals surface area (Å²) in [5.41, 5.74) is -2.79. The largest absolute Gasteiger partial charge is 0.477 e. The molecule has 0 aliphatic carbocycles. The molecule has 0 aromatic heterocycles. The number of halogens is 4. The number of nitrogens with zero attached hydrogens (tertiary/aromatic N) is 1. The molecule has 94 valence electrons. The lowest BCUT2D eigenvalue weighted by Crippen LogP contribution is -2.08. The highest BCUT2D eigenvalue weighted by Crippen LogP contribution is 2.33. The molecule has 0 atom stereocenters. The Morgan fingerprint density at radius 1 is 1.39 bits per heavy atom. The van der Waals surface area contributed by atoms with E-state index in [0.29, 0.717) is 6.08 Å². The van der Waals surface area contributed by atoms with Crippen LogP contribution in [0.5, 0.6) is 0 Å². The molecule has 1 N–H and O–H groups in total. The summed E-state index contributed by atoms with van der Waals surface area (Å²) in [5.74, 6) is -2.76. The van der Waals surface area contributed by atoms with Gasteiger partial charge in [0.1, 0.15) is 17.5 Å². The topological polar surface area (TPSA) is 61.1 Å². The summed E-state index contributed by atoms with van der Waals surface area (Å²) >= 11 is 0. The molecule has 0 bridgehead atoms. The maximum absolute atomic E-state index is 12.8. The molecule has 0 aliphatic rings. The van der Waals surface area contributed by atoms with Gasteiger partial charge in [0, 0.05) is 0 Å². The Balaban J connectivity index is 3.43. The monoisotopic (exact) mass is 259 g/mol. The summed E-state index contributed by atoms with van der Waals surface area (Å²) in [6, 6.07) is 2.99. The van der Waals surface area contributed by atoms with E-state index in [4.69, 9.17) is 10.4 Å². The standard InChI is InChI=1S/C11H5F4NO2/c12-8-2-1-6(3-7(5-16)10(17)18)9(4-8)11(13,14)15/h1-4H,(H,17,18)/b7-3+. The Morgan fingerprint density at radius 3 is 2.44 bits per heavy atom. The minimum Gasteiger partial charge on any atom is -0.477 e. The van der Waals surface area contributed by atoms with Crippen LogP contribution in [-0.2, 0) is 11.0 Å². The van der Waals surface area contributed by atoms with Gasteiger partial charge in [-0.25, -0.2) is 9.18 Å². The molecular formula is C11H5F4NO2. The first-order chi connectivity index (χ1) is 8.25. The van der Waals surface area contributed by atoms with Crippen molar-refractivity contribution in [2.75, 3.05) is 0 Å². The van der Waals surface area contributed by atoms with Gasteiger partial charge in [0.05, 0.1) is 5.56 Å². The SMILES string of the molecule is N#C/C(=C\c1ccc(F)cc1C(F)(F)F)C(=O)O. The van der Waals surface area contributed by atoms with Crippen molar-refractivity contribution in [1.82, 2.24) is 0 Å². The fourth-order valence-corrected chi connectivity index (χ4v) is 1.20. The summed E-state index contributed by atoms with van der Waals surface area (Å²) in [4.78, 5) is 10.5. The van der Waals surface area contributed by atoms with E-state index >= 15 is 0 Å². The van der Waals surface area contributed by atoms with Crippen molar-refractivity contribution in [3.8, 4) is 6.07 Å². The number of aliphatic carboxylic acids is 1. The lowest BCUT2D eigenvalue weighted by atomic mass is 10.0. The van der Waals surface area contributed by atoms with E-state index in [9.17, 15) is 22.4 Å². The number of carboxylic acids is 1. The predicted molar refractivity (Wildman–Crippen MR) is 52.6 cm³/mol. The average molecular weight is 259 g/mol. The molecular weight excluding hydrogens is 254 g/mol. The van der Waals surface area contributed by atoms with Crippen LogP contribution >= 0.6 is 0 Å². The lowest BCUT2D eigenvalue weighted by Gasteiger charge is -2.10. The Morgan fingerprint density at radius 2 is 2.00 bits per heavy atom. The normalized spacial score (nSPS) is 12.1. The summed E-state index contributed by atoms with van der Waals surface area (Å²) in [6.07, 6.45) is -4.29. The van der Waals surface area contributed by atoms with Crippen LogP contribution in [-0.4, -0.2) is 11.1 Å². The molecule has 0 aliphatic heterocycles. The van der Waals surface area contributed by atoms with Gasteiger partial charge in [-0.1, -0.05) is 6.07 Å². The quantitative estimate of drug-likeness (QED) is 0.504. The van der Waals surface area contributed by atoms with Crippen LogP contribution < -0.4 is 0 Å². The summed E-state index contributed by atoms with van der Waals surface area (Å²) in [5, 5.41) is 17.0. The molecule has 3 nitrogen and oxygen atoms in total. The maximum atomic E-state index is 12.8. The molecule has 0 saturated heterocycles. The lowest BCUT2D eigenvalue weighted by molar-refractivity contribution is -0.138. The molecule has 0 unspecified atom stereocenters. The predicted octanol–water partition coefficient (Wildman–Crippen LogP) is 2.84. The molecule has 0 heterocycles. The number of hydrogen-bond donors (Lipinski definition) is 1. The van der Waals surface area contributed by atoms with E-state index in [0.717, 1.165) is 12.1 Å². The van der Waals surface area contributed by atoms with Crippen LogP contribution in [0.3, 0.4) is 0 Å². The summed E-state index contributed by atoms with van der Waals surface area (Å²) in [6.45, 7) is 0. The molecule has 0 saturated carbocycles. The highest BCUT2D eigenvalue weighted by atomic mass is 19.4. The van der Waals surface area contributed by atoms with Crippen LogP contribution in [0.1, 0.15) is 11.1 Å². The van der Waals surface area contributed by atoms with Crippen molar-refractivity contribution in [1.29, 1.82) is 5.26 Å². The van der Waals surface area contributed by atoms with Crippen LogP contribution in [0.25, 0.3) is 6.08 Å². The van der Waals surface area contributed by atoms with E-state index in [1.165, 1.54) is 6.07 Å². The van der Waals surface area contributed by atoms with Gasteiger partial charge in [-0.05, 0) is 23.8 Å². The van der Waals surface area contributed by atoms with Crippen molar-refractivity contribution >= 4 is 12.0 Å². The zero-order chi connectivity index (χ0) is 13.9. The molecule has 0 radical (unpaired) electrons. The molecule has 18 heavy (non-hydrogen) atoms. The fraction of sp³-hybridized carbons (Fsp3) is 0.0909. The van der Waals surface area contributed by atoms with Gasteiger partial charge in [-0.2, -0.15) is 18.4 Å². The van der Waals surface area contributed by atoms with E-state index in [2.05, 4.69) is 0 Å². The highest BCUT2D eigenvalue weighted by Gasteiger charge is 2.33. The van der Waals surface area contributed by atoms with Gasteiger partial charge >= 0.3 is 12.1 Å². The van der Waals surface area contributed by atoms with Crippen LogP contribution in [0.4, 0.5) is 17.6 Å². The van der Waals surface area contributed by atoms with Crippen molar-refractivity contribution in [2.45, 2.75) is 6.18 Å². The van der Waals surface area contributed by atoms with Crippen molar-refractivity contribution < 1.29 is 27.5 Å². The smallest absolute Gasteiger partial charge is 0.417 e. The summed E-state index contributed by atoms with van der Waals surface area (Å²) < 4.78 is 50.4. The number of alkyl halides is 3. The molecule has 1 aromatic rings. The number of carboxylic acid groups (broad SMARTS) is 1. The second kappa shape index (κ2) is 4.87. The van der Waals surface area contributed by atoms with E-state index in [-0.39, 0.29) is 6.07 Å². The zero-order valence-corrected chi connectivity index (χ0v) is 8.62. The third-order valence-electron chi connectivity index (χ3n) is 1.97. The second-order valence-electron chi connectivity index (χ2n) is 3.20. The number of nitriles is 1. The number of rotatable bonds is 2. The Hall–Kier alpha value is -2.36. The first kappa shape index (κ1) is 13.7. The first-order valence-electron chi connectivity index (χ1n) is 4.47. The van der Waals surface area contributed by atoms with E-state index in [1.807, 2.05) is 0 Å². The zero-order valence-electron chi connectivity index (χ0n) is 8.62. The van der Waals surface area contributed by atoms with Crippen LogP contribution in [0, 0.1) is 17.1 Å². The van der Waals surface area contributed by atoms with Crippen molar-refractivity contribution in [3.05, 3.63) is 40.7 Å². The number of carbonyl (C=O) groups is 1. The van der Waals surface area contributed by atoms with Crippen molar-refractivity contribution in [3.63, 3.8) is 0 Å². The summed E-state index contributed by atoms with van der Waals surface area (Å²) in [7, 11) is 0. The molecule has 1 rings (SSSR count). The molecule has 0 amide bonds. The number of hydrogen-bond acceptors (Lipinski definition) is 2. The third-order valence-corrected chi connectivity index (χ3v) is 1.97. The highest BCUT2D eigenvalue weighted by molar-refractivity contribution is 5.96. The van der Waals surface area contributed by atoms with Gasteiger partial charge in [-0.3, -0.25) is 0 Å². The minimum atomic E-state index is -4.84. The van der Waals surface area contributed by atoms with Gasteiger partial charge < -0.3 is 5.11 Å². The van der Waals surface area contributed by atoms with E-state index < -0.39 is 34.7 Å². The molecule has 0 spiro atoms. The minimum absolute atomic E-state index is 0.239. The van der Waals surface area contributed by atoms with E-state index in [1.54, 1.807) is 0 Å². The second-order valence-corrected chi connectivity index (χ2v) is 3.20. The number of benzene rings is 1. The maximum Gasteiger partial charge on any atom is 0.417 e. The fourth-order valence-electron chi connectivity index (χ4n) is 1.20. The molecule has 1 aromatic carbocycles. The van der Waals surface area contributed by atoms with Crippen molar-refractivity contribution in [2.24, 2.45) is 0 Å². The average Bonchev–Trinajstić information content (AvgIpc) is 2.25. The van der Waals surface area contributed by atoms with Gasteiger partial charge in [0.15, 0.2) is 0 Å². The first-order valence-corrected chi connectivity index (χ1v) is 4.47. The van der Waals surface area contributed by atoms with Gasteiger partial charge in [0.2, 0.25) is 0 Å². The van der Waals surface area contributed by atoms with Crippen LogP contribution in [0.2, 0.25) is 0 Å². The molecule has 7 heteroatoms. The Labute approximate surface area is 98.6 Å². The third kappa shape index (κ3) is 3.07. The van der Waals surface area contributed by atoms with Gasteiger partial charge in [-0.15, -0.1) is 0 Å². The van der Waals surface area contributed by atoms with Gasteiger partial charge in [0.25, 0.3) is 0 Å².